The standard InChI is InChI=1S/C54H44N2/c1-37-24-31-46-45-22-14-15-23-49(45)54(52(46)34-37)50-32-25-38(53(2,3)4)35-47(50)48-36-44(30-33-51(48)54)56(41-20-12-7-13-21-41)43-28-26-42(27-29-43)55(39-16-8-5-9-17-39)40-18-10-6-11-19-40/h5-36H,1-4H3. The van der Waals surface area contributed by atoms with Gasteiger partial charge in [0.25, 0.3) is 0 Å². The van der Waals surface area contributed by atoms with E-state index in [9.17, 15) is 0 Å². The molecule has 2 aliphatic rings. The van der Waals surface area contributed by atoms with E-state index in [1.54, 1.807) is 0 Å². The van der Waals surface area contributed by atoms with E-state index in [0.29, 0.717) is 0 Å². The van der Waals surface area contributed by atoms with Crippen LogP contribution in [0.1, 0.15) is 54.2 Å². The molecule has 2 aliphatic carbocycles. The summed E-state index contributed by atoms with van der Waals surface area (Å²) in [7, 11) is 0. The van der Waals surface area contributed by atoms with E-state index in [-0.39, 0.29) is 5.41 Å². The van der Waals surface area contributed by atoms with Gasteiger partial charge in [-0.05, 0) is 135 Å². The molecule has 8 aromatic rings. The van der Waals surface area contributed by atoms with Crippen LogP contribution in [-0.2, 0) is 10.8 Å². The normalized spacial score (nSPS) is 14.9. The van der Waals surface area contributed by atoms with E-state index in [4.69, 9.17) is 0 Å². The van der Waals surface area contributed by atoms with Crippen molar-refractivity contribution < 1.29 is 0 Å². The minimum absolute atomic E-state index is 0.00976. The van der Waals surface area contributed by atoms with Gasteiger partial charge in [-0.15, -0.1) is 0 Å². The van der Waals surface area contributed by atoms with Crippen molar-refractivity contribution in [3.05, 3.63) is 228 Å². The first-order valence-corrected chi connectivity index (χ1v) is 19.7. The lowest BCUT2D eigenvalue weighted by atomic mass is 9.70. The molecule has 0 aliphatic heterocycles. The Hall–Kier alpha value is -6.64. The fourth-order valence-electron chi connectivity index (χ4n) is 9.28. The summed E-state index contributed by atoms with van der Waals surface area (Å²) in [6.07, 6.45) is 0. The summed E-state index contributed by atoms with van der Waals surface area (Å²) in [6.45, 7) is 9.18. The zero-order valence-corrected chi connectivity index (χ0v) is 32.4. The predicted molar refractivity (Wildman–Crippen MR) is 236 cm³/mol. The van der Waals surface area contributed by atoms with Crippen LogP contribution in [0.3, 0.4) is 0 Å². The number of aryl methyl sites for hydroxylation is 1. The maximum absolute atomic E-state index is 2.48. The van der Waals surface area contributed by atoms with Crippen LogP contribution in [0.2, 0.25) is 0 Å². The summed E-state index contributed by atoms with van der Waals surface area (Å²) in [5.41, 5.74) is 19.7. The second-order valence-corrected chi connectivity index (χ2v) is 16.3. The Bertz CT molecular complexity index is 2690. The van der Waals surface area contributed by atoms with Crippen molar-refractivity contribution in [1.82, 2.24) is 0 Å². The molecule has 270 valence electrons. The minimum atomic E-state index is -0.394. The predicted octanol–water partition coefficient (Wildman–Crippen LogP) is 14.6. The van der Waals surface area contributed by atoms with Gasteiger partial charge in [-0.3, -0.25) is 0 Å². The van der Waals surface area contributed by atoms with Crippen molar-refractivity contribution >= 4 is 34.1 Å². The van der Waals surface area contributed by atoms with Crippen molar-refractivity contribution in [2.45, 2.75) is 38.5 Å². The molecule has 0 fully saturated rings. The van der Waals surface area contributed by atoms with Crippen LogP contribution in [0.15, 0.2) is 194 Å². The van der Waals surface area contributed by atoms with Crippen LogP contribution in [0.5, 0.6) is 0 Å². The number of anilines is 6. The fourth-order valence-corrected chi connectivity index (χ4v) is 9.28. The van der Waals surface area contributed by atoms with Crippen LogP contribution in [0.25, 0.3) is 22.3 Å². The highest BCUT2D eigenvalue weighted by Gasteiger charge is 2.52. The summed E-state index contributed by atoms with van der Waals surface area (Å²) in [5, 5.41) is 0. The van der Waals surface area contributed by atoms with E-state index in [0.717, 1.165) is 34.1 Å². The molecular weight excluding hydrogens is 677 g/mol. The minimum Gasteiger partial charge on any atom is -0.311 e. The van der Waals surface area contributed by atoms with E-state index < -0.39 is 5.41 Å². The topological polar surface area (TPSA) is 6.48 Å². The Morgan fingerprint density at radius 1 is 0.339 bits per heavy atom. The zero-order chi connectivity index (χ0) is 38.0. The highest BCUT2D eigenvalue weighted by molar-refractivity contribution is 5.97. The molecule has 1 unspecified atom stereocenters. The van der Waals surface area contributed by atoms with Gasteiger partial charge in [-0.25, -0.2) is 0 Å². The van der Waals surface area contributed by atoms with Gasteiger partial charge < -0.3 is 9.80 Å². The van der Waals surface area contributed by atoms with Gasteiger partial charge in [0.15, 0.2) is 0 Å². The lowest BCUT2D eigenvalue weighted by Gasteiger charge is -2.32. The van der Waals surface area contributed by atoms with Crippen LogP contribution in [0, 0.1) is 6.92 Å². The summed E-state index contributed by atoms with van der Waals surface area (Å²) < 4.78 is 0. The average molecular weight is 721 g/mol. The van der Waals surface area contributed by atoms with E-state index >= 15 is 0 Å². The average Bonchev–Trinajstić information content (AvgIpc) is 3.68. The number of para-hydroxylation sites is 3. The van der Waals surface area contributed by atoms with Gasteiger partial charge in [0, 0.05) is 34.1 Å². The van der Waals surface area contributed by atoms with Gasteiger partial charge in [-0.2, -0.15) is 0 Å². The van der Waals surface area contributed by atoms with Crippen molar-refractivity contribution in [3.8, 4) is 22.3 Å². The Morgan fingerprint density at radius 3 is 1.34 bits per heavy atom. The monoisotopic (exact) mass is 720 g/mol. The molecular formula is C54H44N2. The number of nitrogens with zero attached hydrogens (tertiary/aromatic N) is 2. The fraction of sp³-hybridized carbons (Fsp3) is 0.111. The van der Waals surface area contributed by atoms with Crippen molar-refractivity contribution in [2.75, 3.05) is 9.80 Å². The molecule has 10 rings (SSSR count). The number of rotatable bonds is 6. The third-order valence-electron chi connectivity index (χ3n) is 11.9. The Labute approximate surface area is 331 Å². The molecule has 0 N–H and O–H groups in total. The number of fused-ring (bicyclic) bond motifs is 10. The first kappa shape index (κ1) is 33.9. The maximum atomic E-state index is 2.48. The number of hydrogen-bond donors (Lipinski definition) is 0. The van der Waals surface area contributed by atoms with Crippen molar-refractivity contribution in [3.63, 3.8) is 0 Å². The molecule has 2 heteroatoms. The summed E-state index contributed by atoms with van der Waals surface area (Å²) in [6, 6.07) is 71.6. The molecule has 1 atom stereocenters. The molecule has 0 aromatic heterocycles. The van der Waals surface area contributed by atoms with E-state index in [1.165, 1.54) is 55.6 Å². The molecule has 0 saturated heterocycles. The van der Waals surface area contributed by atoms with Gasteiger partial charge in [0.2, 0.25) is 0 Å². The number of benzene rings is 8. The maximum Gasteiger partial charge on any atom is 0.0725 e. The molecule has 0 amide bonds. The molecule has 0 heterocycles. The first-order valence-electron chi connectivity index (χ1n) is 19.7. The van der Waals surface area contributed by atoms with Crippen LogP contribution < -0.4 is 9.80 Å². The Morgan fingerprint density at radius 2 is 0.768 bits per heavy atom. The van der Waals surface area contributed by atoms with Gasteiger partial charge in [0.1, 0.15) is 0 Å². The van der Waals surface area contributed by atoms with Crippen LogP contribution in [0.4, 0.5) is 34.1 Å². The summed E-state index contributed by atoms with van der Waals surface area (Å²) in [4.78, 5) is 4.71. The molecule has 0 bridgehead atoms. The molecule has 0 saturated carbocycles. The Kier molecular flexibility index (Phi) is 7.87. The van der Waals surface area contributed by atoms with Gasteiger partial charge >= 0.3 is 0 Å². The van der Waals surface area contributed by atoms with Crippen molar-refractivity contribution in [2.24, 2.45) is 0 Å². The summed E-state index contributed by atoms with van der Waals surface area (Å²) in [5.74, 6) is 0. The lowest BCUT2D eigenvalue weighted by molar-refractivity contribution is 0.590. The van der Waals surface area contributed by atoms with E-state index in [2.05, 4.69) is 232 Å². The van der Waals surface area contributed by atoms with E-state index in [1.807, 2.05) is 0 Å². The molecule has 0 radical (unpaired) electrons. The second kappa shape index (κ2) is 13.0. The quantitative estimate of drug-likeness (QED) is 0.169. The highest BCUT2D eigenvalue weighted by atomic mass is 15.2. The first-order chi connectivity index (χ1) is 27.3. The highest BCUT2D eigenvalue weighted by Crippen LogP contribution is 2.63. The smallest absolute Gasteiger partial charge is 0.0725 e. The van der Waals surface area contributed by atoms with Crippen molar-refractivity contribution in [1.29, 1.82) is 0 Å². The summed E-state index contributed by atoms with van der Waals surface area (Å²) >= 11 is 0. The van der Waals surface area contributed by atoms with Gasteiger partial charge in [0.05, 0.1) is 5.41 Å². The zero-order valence-electron chi connectivity index (χ0n) is 32.4. The van der Waals surface area contributed by atoms with Crippen LogP contribution in [-0.4, -0.2) is 0 Å². The number of hydrogen-bond acceptors (Lipinski definition) is 2. The third-order valence-corrected chi connectivity index (χ3v) is 11.9. The lowest BCUT2D eigenvalue weighted by Crippen LogP contribution is -2.26. The largest absolute Gasteiger partial charge is 0.311 e. The molecule has 1 spiro atoms. The van der Waals surface area contributed by atoms with Gasteiger partial charge in [-0.1, -0.05) is 148 Å². The molecule has 56 heavy (non-hydrogen) atoms. The molecule has 2 nitrogen and oxygen atoms in total. The molecule has 8 aromatic carbocycles. The second-order valence-electron chi connectivity index (χ2n) is 16.3. The Balaban J connectivity index is 1.17. The SMILES string of the molecule is Cc1ccc2c(c1)C1(c3ccccc3-2)c2ccc(N(c3ccccc3)c3ccc(N(c4ccccc4)c4ccccc4)cc3)cc2-c2cc(C(C)(C)C)ccc21. The van der Waals surface area contributed by atoms with Crippen LogP contribution >= 0.6 is 0 Å². The third kappa shape index (κ3) is 5.24.